The van der Waals surface area contributed by atoms with Gasteiger partial charge in [0.2, 0.25) is 0 Å². The number of hydrogen-bond acceptors (Lipinski definition) is 5. The van der Waals surface area contributed by atoms with E-state index in [1.807, 2.05) is 12.1 Å². The minimum atomic E-state index is -0.883. The average Bonchev–Trinajstić information content (AvgIpc) is 2.88. The van der Waals surface area contributed by atoms with Crippen LogP contribution in [0.3, 0.4) is 0 Å². The predicted molar refractivity (Wildman–Crippen MR) is 105 cm³/mol. The maximum absolute atomic E-state index is 12.5. The predicted octanol–water partition coefficient (Wildman–Crippen LogP) is 3.39. The normalized spacial score (nSPS) is 14.8. The van der Waals surface area contributed by atoms with Gasteiger partial charge in [-0.05, 0) is 50.6 Å². The summed E-state index contributed by atoms with van der Waals surface area (Å²) in [7, 11) is 0. The lowest BCUT2D eigenvalue weighted by Gasteiger charge is -2.28. The van der Waals surface area contributed by atoms with Crippen LogP contribution < -0.4 is 5.43 Å². The van der Waals surface area contributed by atoms with Crippen LogP contribution in [0.2, 0.25) is 5.02 Å². The first-order valence-electron chi connectivity index (χ1n) is 8.89. The molecule has 0 spiro atoms. The van der Waals surface area contributed by atoms with Crippen molar-refractivity contribution in [3.8, 4) is 0 Å². The highest BCUT2D eigenvalue weighted by Crippen LogP contribution is 2.22. The van der Waals surface area contributed by atoms with Crippen LogP contribution in [0.15, 0.2) is 48.5 Å². The summed E-state index contributed by atoms with van der Waals surface area (Å²) in [6, 6.07) is 12.9. The maximum Gasteiger partial charge on any atom is 0.325 e. The Morgan fingerprint density at radius 3 is 2.14 bits per heavy atom. The lowest BCUT2D eigenvalue weighted by atomic mass is 9.98. The smallest absolute Gasteiger partial charge is 0.325 e. The number of halogens is 1. The van der Waals surface area contributed by atoms with Gasteiger partial charge in [0.05, 0.1) is 11.1 Å². The molecule has 0 fully saturated rings. The fraction of sp³-hybridized carbons (Fsp3) is 0.286. The molecule has 1 heterocycles. The quantitative estimate of drug-likeness (QED) is 0.594. The van der Waals surface area contributed by atoms with E-state index in [1.54, 1.807) is 57.2 Å². The number of nitrogens with zero attached hydrogens (tertiary/aromatic N) is 1. The Labute approximate surface area is 168 Å². The number of esters is 1. The van der Waals surface area contributed by atoms with E-state index in [2.05, 4.69) is 5.43 Å². The molecule has 1 N–H and O–H groups in total. The molecule has 146 valence electrons. The first-order chi connectivity index (χ1) is 13.2. The van der Waals surface area contributed by atoms with Crippen molar-refractivity contribution in [1.82, 2.24) is 10.4 Å². The molecule has 1 atom stereocenters. The fourth-order valence-electron chi connectivity index (χ4n) is 3.04. The largest absolute Gasteiger partial charge is 0.458 e. The molecular formula is C21H21ClN2O4. The van der Waals surface area contributed by atoms with Gasteiger partial charge in [-0.3, -0.25) is 14.4 Å². The van der Waals surface area contributed by atoms with Crippen molar-refractivity contribution >= 4 is 29.4 Å². The summed E-state index contributed by atoms with van der Waals surface area (Å²) >= 11 is 5.89. The number of nitrogens with one attached hydrogen (secondary N) is 1. The third-order valence-corrected chi connectivity index (χ3v) is 4.64. The van der Waals surface area contributed by atoms with Crippen molar-refractivity contribution in [2.24, 2.45) is 0 Å². The monoisotopic (exact) mass is 400 g/mol. The van der Waals surface area contributed by atoms with Crippen molar-refractivity contribution in [1.29, 1.82) is 0 Å². The van der Waals surface area contributed by atoms with Gasteiger partial charge in [0.1, 0.15) is 11.6 Å². The Hall–Kier alpha value is -2.70. The van der Waals surface area contributed by atoms with Crippen molar-refractivity contribution in [2.75, 3.05) is 0 Å². The standard InChI is InChI=1S/C21H21ClN2O4/c1-13(23-24-18(25)16-6-4-5-7-17(16)19(24)26)20(27)28-21(2,3)12-14-8-10-15(22)11-9-14/h4-11,13,23H,12H2,1-3H3/t13-/m0/s1. The van der Waals surface area contributed by atoms with Gasteiger partial charge in [-0.2, -0.15) is 0 Å². The molecule has 0 radical (unpaired) electrons. The zero-order valence-corrected chi connectivity index (χ0v) is 16.6. The Bertz CT molecular complexity index is 889. The van der Waals surface area contributed by atoms with Crippen LogP contribution in [0.25, 0.3) is 0 Å². The molecule has 2 aromatic rings. The summed E-state index contributed by atoms with van der Waals surface area (Å²) < 4.78 is 5.61. The van der Waals surface area contributed by atoms with E-state index in [-0.39, 0.29) is 0 Å². The Morgan fingerprint density at radius 1 is 1.07 bits per heavy atom. The van der Waals surface area contributed by atoms with Gasteiger partial charge in [0, 0.05) is 11.4 Å². The van der Waals surface area contributed by atoms with Crippen molar-refractivity contribution in [3.05, 3.63) is 70.2 Å². The summed E-state index contributed by atoms with van der Waals surface area (Å²) in [5.41, 5.74) is 3.48. The third kappa shape index (κ3) is 4.24. The summed E-state index contributed by atoms with van der Waals surface area (Å²) in [5, 5.41) is 1.50. The van der Waals surface area contributed by atoms with Gasteiger partial charge in [0.15, 0.2) is 0 Å². The molecule has 0 saturated carbocycles. The van der Waals surface area contributed by atoms with Crippen LogP contribution in [-0.4, -0.2) is 34.4 Å². The molecule has 0 aromatic heterocycles. The highest BCUT2D eigenvalue weighted by atomic mass is 35.5. The third-order valence-electron chi connectivity index (χ3n) is 4.39. The molecule has 0 aliphatic carbocycles. The van der Waals surface area contributed by atoms with Gasteiger partial charge in [-0.15, -0.1) is 0 Å². The fourth-order valence-corrected chi connectivity index (χ4v) is 3.17. The second kappa shape index (κ2) is 7.73. The van der Waals surface area contributed by atoms with E-state index < -0.39 is 29.4 Å². The molecule has 1 aliphatic rings. The Balaban J connectivity index is 1.62. The Kier molecular flexibility index (Phi) is 5.54. The van der Waals surface area contributed by atoms with E-state index in [9.17, 15) is 14.4 Å². The van der Waals surface area contributed by atoms with Gasteiger partial charge < -0.3 is 4.74 Å². The zero-order chi connectivity index (χ0) is 20.5. The first kappa shape index (κ1) is 20.0. The second-order valence-corrected chi connectivity index (χ2v) is 7.76. The van der Waals surface area contributed by atoms with Crippen LogP contribution in [-0.2, 0) is 16.0 Å². The van der Waals surface area contributed by atoms with Crippen molar-refractivity contribution in [2.45, 2.75) is 38.8 Å². The highest BCUT2D eigenvalue weighted by Gasteiger charge is 2.37. The molecule has 28 heavy (non-hydrogen) atoms. The van der Waals surface area contributed by atoms with Crippen LogP contribution in [0.5, 0.6) is 0 Å². The first-order valence-corrected chi connectivity index (χ1v) is 9.27. The molecule has 6 nitrogen and oxygen atoms in total. The number of rotatable bonds is 6. The van der Waals surface area contributed by atoms with Gasteiger partial charge >= 0.3 is 5.97 Å². The van der Waals surface area contributed by atoms with Gasteiger partial charge in [0.25, 0.3) is 11.8 Å². The van der Waals surface area contributed by atoms with E-state index >= 15 is 0 Å². The molecule has 0 bridgehead atoms. The molecule has 3 rings (SSSR count). The molecule has 7 heteroatoms. The molecule has 1 aliphatic heterocycles. The lowest BCUT2D eigenvalue weighted by Crippen LogP contribution is -2.51. The molecule has 0 saturated heterocycles. The number of benzene rings is 2. The zero-order valence-electron chi connectivity index (χ0n) is 15.9. The second-order valence-electron chi connectivity index (χ2n) is 7.33. The summed E-state index contributed by atoms with van der Waals surface area (Å²) in [6.45, 7) is 5.15. The van der Waals surface area contributed by atoms with Crippen molar-refractivity contribution < 1.29 is 19.1 Å². The van der Waals surface area contributed by atoms with Crippen LogP contribution in [0.1, 0.15) is 47.1 Å². The van der Waals surface area contributed by atoms with E-state index in [1.165, 1.54) is 0 Å². The van der Waals surface area contributed by atoms with E-state index in [0.29, 0.717) is 22.6 Å². The van der Waals surface area contributed by atoms with Crippen LogP contribution in [0.4, 0.5) is 0 Å². The number of amides is 2. The number of carbonyl (C=O) groups excluding carboxylic acids is 3. The number of imide groups is 1. The minimum absolute atomic E-state index is 0.309. The highest BCUT2D eigenvalue weighted by molar-refractivity contribution is 6.30. The van der Waals surface area contributed by atoms with E-state index in [4.69, 9.17) is 16.3 Å². The lowest BCUT2D eigenvalue weighted by molar-refractivity contribution is -0.159. The molecular weight excluding hydrogens is 380 g/mol. The van der Waals surface area contributed by atoms with Crippen LogP contribution >= 0.6 is 11.6 Å². The summed E-state index contributed by atoms with van der Waals surface area (Å²) in [5.74, 6) is -1.53. The number of carbonyl (C=O) groups is 3. The number of fused-ring (bicyclic) bond motifs is 1. The molecule has 2 amide bonds. The molecule has 0 unspecified atom stereocenters. The topological polar surface area (TPSA) is 75.7 Å². The van der Waals surface area contributed by atoms with Crippen LogP contribution in [0, 0.1) is 0 Å². The number of hydrazine groups is 1. The SMILES string of the molecule is C[C@H](NN1C(=O)c2ccccc2C1=O)C(=O)OC(C)(C)Cc1ccc(Cl)cc1. The number of ether oxygens (including phenoxy) is 1. The van der Waals surface area contributed by atoms with Gasteiger partial charge in [-0.1, -0.05) is 35.9 Å². The van der Waals surface area contributed by atoms with Crippen molar-refractivity contribution in [3.63, 3.8) is 0 Å². The average molecular weight is 401 g/mol. The minimum Gasteiger partial charge on any atom is -0.458 e. The summed E-state index contributed by atoms with van der Waals surface area (Å²) in [6.07, 6.45) is 0.496. The summed E-state index contributed by atoms with van der Waals surface area (Å²) in [4.78, 5) is 37.3. The molecule has 2 aromatic carbocycles. The Morgan fingerprint density at radius 2 is 1.61 bits per heavy atom. The van der Waals surface area contributed by atoms with Gasteiger partial charge in [-0.25, -0.2) is 10.4 Å². The maximum atomic E-state index is 12.5. The van der Waals surface area contributed by atoms with E-state index in [0.717, 1.165) is 10.6 Å². The number of hydrogen-bond donors (Lipinski definition) is 1.